The molecular formula is C17H17N3O3S. The fraction of sp³-hybridized carbons (Fsp3) is 0.176. The molecule has 0 saturated heterocycles. The molecular weight excluding hydrogens is 326 g/mol. The number of ether oxygens (including phenoxy) is 1. The van der Waals surface area contributed by atoms with Crippen LogP contribution < -0.4 is 9.57 Å². The van der Waals surface area contributed by atoms with Crippen molar-refractivity contribution in [3.8, 4) is 11.8 Å². The van der Waals surface area contributed by atoms with E-state index in [-0.39, 0.29) is 4.90 Å². The van der Waals surface area contributed by atoms with E-state index in [9.17, 15) is 8.42 Å². The van der Waals surface area contributed by atoms with Gasteiger partial charge in [0, 0.05) is 0 Å². The van der Waals surface area contributed by atoms with Gasteiger partial charge in [-0.3, -0.25) is 0 Å². The van der Waals surface area contributed by atoms with Crippen LogP contribution in [0.1, 0.15) is 25.0 Å². The Morgan fingerprint density at radius 3 is 2.33 bits per heavy atom. The van der Waals surface area contributed by atoms with E-state index in [1.807, 2.05) is 13.0 Å². The van der Waals surface area contributed by atoms with Gasteiger partial charge in [0.2, 0.25) is 0 Å². The van der Waals surface area contributed by atoms with Crippen molar-refractivity contribution in [1.82, 2.24) is 4.83 Å². The van der Waals surface area contributed by atoms with Crippen molar-refractivity contribution in [2.75, 3.05) is 6.61 Å². The van der Waals surface area contributed by atoms with Gasteiger partial charge in [-0.1, -0.05) is 12.1 Å². The third kappa shape index (κ3) is 4.33. The Bertz CT molecular complexity index is 865. The molecule has 0 saturated carbocycles. The summed E-state index contributed by atoms with van der Waals surface area (Å²) in [5, 5.41) is 12.7. The van der Waals surface area contributed by atoms with Crippen LogP contribution in [0.15, 0.2) is 58.5 Å². The summed E-state index contributed by atoms with van der Waals surface area (Å²) in [5.41, 5.74) is 1.75. The van der Waals surface area contributed by atoms with Gasteiger partial charge < -0.3 is 4.74 Å². The second kappa shape index (κ2) is 7.62. The Labute approximate surface area is 141 Å². The maximum atomic E-state index is 12.2. The molecule has 6 nitrogen and oxygen atoms in total. The summed E-state index contributed by atoms with van der Waals surface area (Å²) in [4.78, 5) is 2.31. The highest BCUT2D eigenvalue weighted by Crippen LogP contribution is 2.16. The first-order chi connectivity index (χ1) is 11.5. The van der Waals surface area contributed by atoms with Crippen molar-refractivity contribution < 1.29 is 13.2 Å². The van der Waals surface area contributed by atoms with Gasteiger partial charge in [0.15, 0.2) is 0 Å². The number of benzene rings is 2. The minimum Gasteiger partial charge on any atom is -0.494 e. The van der Waals surface area contributed by atoms with Gasteiger partial charge in [-0.2, -0.15) is 23.6 Å². The first-order valence-corrected chi connectivity index (χ1v) is 8.74. The zero-order valence-corrected chi connectivity index (χ0v) is 14.2. The molecule has 7 heteroatoms. The van der Waals surface area contributed by atoms with Crippen molar-refractivity contribution in [2.24, 2.45) is 5.10 Å². The molecule has 0 fully saturated rings. The molecule has 2 aromatic carbocycles. The summed E-state index contributed by atoms with van der Waals surface area (Å²) < 4.78 is 29.8. The SMILES string of the molecule is CCOc1ccc(S(=O)(=O)NN=C(C)c2ccc(C#N)cc2)cc1. The van der Waals surface area contributed by atoms with Crippen LogP contribution in [-0.2, 0) is 10.0 Å². The van der Waals surface area contributed by atoms with E-state index in [0.29, 0.717) is 23.6 Å². The number of hydrogen-bond acceptors (Lipinski definition) is 5. The lowest BCUT2D eigenvalue weighted by Gasteiger charge is -2.07. The molecule has 1 N–H and O–H groups in total. The van der Waals surface area contributed by atoms with Gasteiger partial charge in [0.25, 0.3) is 10.0 Å². The Hall–Kier alpha value is -2.85. The van der Waals surface area contributed by atoms with E-state index in [1.54, 1.807) is 43.3 Å². The van der Waals surface area contributed by atoms with E-state index in [4.69, 9.17) is 10.00 Å². The zero-order chi connectivity index (χ0) is 17.6. The van der Waals surface area contributed by atoms with Crippen LogP contribution in [-0.4, -0.2) is 20.7 Å². The third-order valence-electron chi connectivity index (χ3n) is 3.21. The normalized spacial score (nSPS) is 11.6. The molecule has 0 aliphatic heterocycles. The molecule has 0 spiro atoms. The molecule has 0 bridgehead atoms. The summed E-state index contributed by atoms with van der Waals surface area (Å²) >= 11 is 0. The van der Waals surface area contributed by atoms with Crippen molar-refractivity contribution in [3.63, 3.8) is 0 Å². The fourth-order valence-electron chi connectivity index (χ4n) is 1.91. The van der Waals surface area contributed by atoms with Gasteiger partial charge in [-0.05, 0) is 55.8 Å². The second-order valence-corrected chi connectivity index (χ2v) is 6.55. The largest absolute Gasteiger partial charge is 0.494 e. The minimum absolute atomic E-state index is 0.0994. The molecule has 0 aliphatic rings. The molecule has 0 atom stereocenters. The molecule has 2 rings (SSSR count). The highest BCUT2D eigenvalue weighted by molar-refractivity contribution is 7.89. The van der Waals surface area contributed by atoms with Gasteiger partial charge in [-0.15, -0.1) is 0 Å². The zero-order valence-electron chi connectivity index (χ0n) is 13.4. The van der Waals surface area contributed by atoms with Crippen LogP contribution in [0.3, 0.4) is 0 Å². The van der Waals surface area contributed by atoms with Crippen molar-refractivity contribution in [1.29, 1.82) is 5.26 Å². The predicted molar refractivity (Wildman–Crippen MR) is 91.3 cm³/mol. The van der Waals surface area contributed by atoms with Crippen LogP contribution in [0.5, 0.6) is 5.75 Å². The van der Waals surface area contributed by atoms with Gasteiger partial charge in [0.1, 0.15) is 5.75 Å². The highest BCUT2D eigenvalue weighted by Gasteiger charge is 2.13. The van der Waals surface area contributed by atoms with Gasteiger partial charge >= 0.3 is 0 Å². The molecule has 124 valence electrons. The highest BCUT2D eigenvalue weighted by atomic mass is 32.2. The number of nitrogens with zero attached hydrogens (tertiary/aromatic N) is 2. The number of rotatable bonds is 6. The minimum atomic E-state index is -3.75. The number of nitrogens with one attached hydrogen (secondary N) is 1. The van der Waals surface area contributed by atoms with Gasteiger partial charge in [-0.25, -0.2) is 0 Å². The quantitative estimate of drug-likeness (QED) is 0.645. The average Bonchev–Trinajstić information content (AvgIpc) is 2.60. The van der Waals surface area contributed by atoms with E-state index in [1.165, 1.54) is 12.1 Å². The summed E-state index contributed by atoms with van der Waals surface area (Å²) in [6.07, 6.45) is 0. The Morgan fingerprint density at radius 1 is 1.17 bits per heavy atom. The maximum Gasteiger partial charge on any atom is 0.276 e. The summed E-state index contributed by atoms with van der Waals surface area (Å²) in [6.45, 7) is 4.05. The molecule has 0 amide bonds. The van der Waals surface area contributed by atoms with Crippen molar-refractivity contribution in [2.45, 2.75) is 18.7 Å². The second-order valence-electron chi connectivity index (χ2n) is 4.89. The fourth-order valence-corrected chi connectivity index (χ4v) is 2.77. The Morgan fingerprint density at radius 2 is 1.79 bits per heavy atom. The molecule has 0 unspecified atom stereocenters. The standard InChI is InChI=1S/C17H17N3O3S/c1-3-23-16-8-10-17(11-9-16)24(21,22)20-19-13(2)15-6-4-14(12-18)5-7-15/h4-11,20H,3H2,1-2H3. The van der Waals surface area contributed by atoms with Crippen LogP contribution >= 0.6 is 0 Å². The monoisotopic (exact) mass is 343 g/mol. The van der Waals surface area contributed by atoms with Crippen LogP contribution in [0, 0.1) is 11.3 Å². The molecule has 0 aliphatic carbocycles. The summed E-state index contributed by atoms with van der Waals surface area (Å²) in [5.74, 6) is 0.605. The van der Waals surface area contributed by atoms with Crippen LogP contribution in [0.25, 0.3) is 0 Å². The number of sulfonamides is 1. The van der Waals surface area contributed by atoms with E-state index in [2.05, 4.69) is 9.93 Å². The number of nitriles is 1. The molecule has 24 heavy (non-hydrogen) atoms. The van der Waals surface area contributed by atoms with E-state index >= 15 is 0 Å². The molecule has 0 heterocycles. The predicted octanol–water partition coefficient (Wildman–Crippen LogP) is 2.66. The Kier molecular flexibility index (Phi) is 5.55. The Balaban J connectivity index is 2.14. The first kappa shape index (κ1) is 17.5. The lowest BCUT2D eigenvalue weighted by atomic mass is 10.1. The molecule has 2 aromatic rings. The third-order valence-corrected chi connectivity index (χ3v) is 4.43. The molecule has 0 aromatic heterocycles. The smallest absolute Gasteiger partial charge is 0.276 e. The maximum absolute atomic E-state index is 12.2. The summed E-state index contributed by atoms with van der Waals surface area (Å²) in [7, 11) is -3.75. The lowest BCUT2D eigenvalue weighted by molar-refractivity contribution is 0.340. The lowest BCUT2D eigenvalue weighted by Crippen LogP contribution is -2.19. The number of hydrazone groups is 1. The number of hydrogen-bond donors (Lipinski definition) is 1. The summed E-state index contributed by atoms with van der Waals surface area (Å²) in [6, 6.07) is 14.8. The van der Waals surface area contributed by atoms with Crippen molar-refractivity contribution >= 4 is 15.7 Å². The van der Waals surface area contributed by atoms with E-state index in [0.717, 1.165) is 5.56 Å². The first-order valence-electron chi connectivity index (χ1n) is 7.26. The van der Waals surface area contributed by atoms with E-state index < -0.39 is 10.0 Å². The topological polar surface area (TPSA) is 91.6 Å². The average molecular weight is 343 g/mol. The van der Waals surface area contributed by atoms with Gasteiger partial charge in [0.05, 0.1) is 28.8 Å². The van der Waals surface area contributed by atoms with Crippen molar-refractivity contribution in [3.05, 3.63) is 59.7 Å². The molecule has 0 radical (unpaired) electrons. The van der Waals surface area contributed by atoms with Crippen LogP contribution in [0.2, 0.25) is 0 Å². The van der Waals surface area contributed by atoms with Crippen LogP contribution in [0.4, 0.5) is 0 Å².